The topological polar surface area (TPSA) is 42.2 Å². The molecular weight excluding hydrogens is 420 g/mol. The lowest BCUT2D eigenvalue weighted by atomic mass is 9.92. The standard InChI is InChI=1S/C30H44N2O2/c1-6-7-8-11-15-26-18-21-32(22-19-26)20-12-9-10-13-23-34-29(33)31-30(4,5)28-17-14-16-27(24-28)25(2)3/h14,16-19,21-22,24H,2,6-13,15,20,23H2,1,3-5H3/p+1. The van der Waals surface area contributed by atoms with Crippen LogP contribution in [0, 0.1) is 0 Å². The van der Waals surface area contributed by atoms with Crippen molar-refractivity contribution in [1.82, 2.24) is 5.32 Å². The zero-order valence-corrected chi connectivity index (χ0v) is 21.9. The first-order valence-electron chi connectivity index (χ1n) is 13.0. The van der Waals surface area contributed by atoms with Gasteiger partial charge in [-0.05, 0) is 75.6 Å². The van der Waals surface area contributed by atoms with Crippen molar-refractivity contribution in [3.05, 3.63) is 72.1 Å². The first-order chi connectivity index (χ1) is 16.3. The fraction of sp³-hybridized carbons (Fsp3) is 0.533. The van der Waals surface area contributed by atoms with E-state index in [0.717, 1.165) is 48.9 Å². The number of nitrogens with zero attached hydrogens (tertiary/aromatic N) is 1. The third-order valence-electron chi connectivity index (χ3n) is 6.31. The van der Waals surface area contributed by atoms with Crippen LogP contribution in [0.25, 0.3) is 5.57 Å². The summed E-state index contributed by atoms with van der Waals surface area (Å²) in [7, 11) is 0. The average Bonchev–Trinajstić information content (AvgIpc) is 2.82. The molecule has 0 atom stereocenters. The molecule has 2 rings (SSSR count). The second kappa shape index (κ2) is 14.6. The van der Waals surface area contributed by atoms with Gasteiger partial charge in [-0.15, -0.1) is 0 Å². The van der Waals surface area contributed by atoms with Crippen LogP contribution in [0.3, 0.4) is 0 Å². The van der Waals surface area contributed by atoms with Gasteiger partial charge < -0.3 is 10.1 Å². The number of amides is 1. The van der Waals surface area contributed by atoms with Gasteiger partial charge in [-0.25, -0.2) is 9.36 Å². The SMILES string of the molecule is C=C(C)c1cccc(C(C)(C)NC(=O)OCCCCCC[n+]2ccc(CCCCCC)cc2)c1. The Labute approximate surface area is 207 Å². The monoisotopic (exact) mass is 465 g/mol. The number of unbranched alkanes of at least 4 members (excludes halogenated alkanes) is 6. The van der Waals surface area contributed by atoms with E-state index in [1.807, 2.05) is 39.0 Å². The first-order valence-corrected chi connectivity index (χ1v) is 13.0. The summed E-state index contributed by atoms with van der Waals surface area (Å²) in [5, 5.41) is 2.99. The number of alkyl carbamates (subject to hydrolysis) is 1. The molecule has 0 bridgehead atoms. The van der Waals surface area contributed by atoms with Gasteiger partial charge in [0.25, 0.3) is 0 Å². The van der Waals surface area contributed by atoms with Crippen molar-refractivity contribution in [2.75, 3.05) is 6.61 Å². The van der Waals surface area contributed by atoms with Crippen LogP contribution >= 0.6 is 0 Å². The molecule has 34 heavy (non-hydrogen) atoms. The summed E-state index contributed by atoms with van der Waals surface area (Å²) in [6.07, 6.45) is 14.7. The van der Waals surface area contributed by atoms with Crippen LogP contribution in [0.2, 0.25) is 0 Å². The number of rotatable bonds is 15. The second-order valence-corrected chi connectivity index (χ2v) is 9.92. The Hall–Kier alpha value is -2.62. The van der Waals surface area contributed by atoms with Gasteiger partial charge in [0.15, 0.2) is 12.4 Å². The minimum Gasteiger partial charge on any atom is -0.450 e. The molecule has 1 aromatic heterocycles. The Morgan fingerprint density at radius 3 is 2.41 bits per heavy atom. The molecule has 1 N–H and O–H groups in total. The predicted molar refractivity (Wildman–Crippen MR) is 142 cm³/mol. The maximum absolute atomic E-state index is 12.3. The van der Waals surface area contributed by atoms with Crippen molar-refractivity contribution in [1.29, 1.82) is 0 Å². The lowest BCUT2D eigenvalue weighted by Gasteiger charge is -2.27. The highest BCUT2D eigenvalue weighted by atomic mass is 16.5. The number of carbonyl (C=O) groups is 1. The molecule has 0 saturated heterocycles. The maximum Gasteiger partial charge on any atom is 0.407 e. The van der Waals surface area contributed by atoms with Gasteiger partial charge in [0, 0.05) is 18.6 Å². The highest BCUT2D eigenvalue weighted by Crippen LogP contribution is 2.23. The summed E-state index contributed by atoms with van der Waals surface area (Å²) in [4.78, 5) is 12.3. The van der Waals surface area contributed by atoms with E-state index in [2.05, 4.69) is 54.0 Å². The molecule has 1 amide bonds. The largest absolute Gasteiger partial charge is 0.450 e. The molecule has 0 unspecified atom stereocenters. The molecule has 0 saturated carbocycles. The Morgan fingerprint density at radius 2 is 1.71 bits per heavy atom. The normalized spacial score (nSPS) is 11.3. The number of ether oxygens (including phenoxy) is 1. The lowest BCUT2D eigenvalue weighted by molar-refractivity contribution is -0.697. The summed E-state index contributed by atoms with van der Waals surface area (Å²) >= 11 is 0. The number of allylic oxidation sites excluding steroid dienone is 1. The summed E-state index contributed by atoms with van der Waals surface area (Å²) < 4.78 is 7.70. The quantitative estimate of drug-likeness (QED) is 0.221. The third kappa shape index (κ3) is 10.1. The molecular formula is C30H45N2O2+. The number of carbonyl (C=O) groups excluding carboxylic acids is 1. The van der Waals surface area contributed by atoms with Crippen LogP contribution in [0.4, 0.5) is 4.79 Å². The van der Waals surface area contributed by atoms with Crippen molar-refractivity contribution in [2.45, 2.75) is 97.6 Å². The van der Waals surface area contributed by atoms with Crippen LogP contribution in [0.1, 0.15) is 95.8 Å². The zero-order chi connectivity index (χ0) is 24.8. The zero-order valence-electron chi connectivity index (χ0n) is 21.9. The van der Waals surface area contributed by atoms with E-state index in [1.165, 1.54) is 37.7 Å². The van der Waals surface area contributed by atoms with E-state index in [9.17, 15) is 4.79 Å². The van der Waals surface area contributed by atoms with Crippen molar-refractivity contribution in [2.24, 2.45) is 0 Å². The first kappa shape index (κ1) is 27.6. The number of hydrogen-bond donors (Lipinski definition) is 1. The fourth-order valence-electron chi connectivity index (χ4n) is 4.01. The van der Waals surface area contributed by atoms with E-state index in [1.54, 1.807) is 0 Å². The van der Waals surface area contributed by atoms with Crippen LogP contribution in [0.5, 0.6) is 0 Å². The highest BCUT2D eigenvalue weighted by molar-refractivity contribution is 5.69. The Kier molecular flexibility index (Phi) is 11.9. The number of hydrogen-bond acceptors (Lipinski definition) is 2. The molecule has 0 aliphatic heterocycles. The molecule has 1 heterocycles. The van der Waals surface area contributed by atoms with Gasteiger partial charge >= 0.3 is 6.09 Å². The molecule has 186 valence electrons. The van der Waals surface area contributed by atoms with Crippen LogP contribution in [-0.4, -0.2) is 12.7 Å². The van der Waals surface area contributed by atoms with Crippen LogP contribution in [0.15, 0.2) is 55.4 Å². The summed E-state index contributed by atoms with van der Waals surface area (Å²) in [6, 6.07) is 12.6. The molecule has 4 nitrogen and oxygen atoms in total. The summed E-state index contributed by atoms with van der Waals surface area (Å²) in [5.74, 6) is 0. The Balaban J connectivity index is 1.59. The fourth-order valence-corrected chi connectivity index (χ4v) is 4.01. The minimum atomic E-state index is -0.509. The molecule has 2 aromatic rings. The van der Waals surface area contributed by atoms with E-state index < -0.39 is 5.54 Å². The lowest BCUT2D eigenvalue weighted by Crippen LogP contribution is -2.41. The summed E-state index contributed by atoms with van der Waals surface area (Å²) in [5.41, 5.74) is 4.05. The third-order valence-corrected chi connectivity index (χ3v) is 6.31. The minimum absolute atomic E-state index is 0.365. The van der Waals surface area contributed by atoms with E-state index >= 15 is 0 Å². The van der Waals surface area contributed by atoms with Gasteiger partial charge in [-0.3, -0.25) is 0 Å². The van der Waals surface area contributed by atoms with Crippen molar-refractivity contribution in [3.63, 3.8) is 0 Å². The van der Waals surface area contributed by atoms with Crippen molar-refractivity contribution in [3.8, 4) is 0 Å². The van der Waals surface area contributed by atoms with Crippen molar-refractivity contribution >= 4 is 11.7 Å². The molecule has 1 aromatic carbocycles. The molecule has 0 spiro atoms. The van der Waals surface area contributed by atoms with E-state index in [0.29, 0.717) is 6.61 Å². The van der Waals surface area contributed by atoms with Crippen molar-refractivity contribution < 1.29 is 14.1 Å². The van der Waals surface area contributed by atoms with Gasteiger partial charge in [0.05, 0.1) is 12.1 Å². The molecule has 0 aliphatic carbocycles. The Bertz CT molecular complexity index is 887. The van der Waals surface area contributed by atoms with Crippen LogP contribution in [-0.2, 0) is 23.2 Å². The van der Waals surface area contributed by atoms with Gasteiger partial charge in [-0.1, -0.05) is 56.5 Å². The summed E-state index contributed by atoms with van der Waals surface area (Å²) in [6.45, 7) is 13.7. The number of nitrogens with one attached hydrogen (secondary N) is 1. The number of aryl methyl sites for hydroxylation is 2. The van der Waals surface area contributed by atoms with Gasteiger partial charge in [-0.2, -0.15) is 0 Å². The maximum atomic E-state index is 12.3. The number of benzene rings is 1. The van der Waals surface area contributed by atoms with E-state index in [-0.39, 0.29) is 6.09 Å². The highest BCUT2D eigenvalue weighted by Gasteiger charge is 2.23. The second-order valence-electron chi connectivity index (χ2n) is 9.92. The van der Waals surface area contributed by atoms with E-state index in [4.69, 9.17) is 4.74 Å². The van der Waals surface area contributed by atoms with Gasteiger partial charge in [0.2, 0.25) is 0 Å². The predicted octanol–water partition coefficient (Wildman–Crippen LogP) is 7.35. The Morgan fingerprint density at radius 1 is 1.00 bits per heavy atom. The number of pyridine rings is 1. The molecule has 0 aliphatic rings. The molecule has 0 radical (unpaired) electrons. The molecule has 0 fully saturated rings. The number of aromatic nitrogens is 1. The smallest absolute Gasteiger partial charge is 0.407 e. The molecule has 4 heteroatoms. The average molecular weight is 466 g/mol. The van der Waals surface area contributed by atoms with Gasteiger partial charge in [0.1, 0.15) is 6.54 Å². The van der Waals surface area contributed by atoms with Crippen LogP contribution < -0.4 is 9.88 Å².